The highest BCUT2D eigenvalue weighted by molar-refractivity contribution is 5.03. The van der Waals surface area contributed by atoms with E-state index in [9.17, 15) is 0 Å². The SMILES string of the molecule is CC1(C2CC2N)COC1. The smallest absolute Gasteiger partial charge is 0.0545 e. The molecule has 2 nitrogen and oxygen atoms in total. The van der Waals surface area contributed by atoms with Gasteiger partial charge in [-0.05, 0) is 12.3 Å². The van der Waals surface area contributed by atoms with Crippen LogP contribution in [0.1, 0.15) is 13.3 Å². The lowest BCUT2D eigenvalue weighted by atomic mass is 9.83. The summed E-state index contributed by atoms with van der Waals surface area (Å²) in [4.78, 5) is 0. The molecule has 2 N–H and O–H groups in total. The Labute approximate surface area is 55.4 Å². The van der Waals surface area contributed by atoms with Crippen molar-refractivity contribution in [1.29, 1.82) is 0 Å². The van der Waals surface area contributed by atoms with Gasteiger partial charge in [0.1, 0.15) is 0 Å². The van der Waals surface area contributed by atoms with Crippen molar-refractivity contribution in [3.05, 3.63) is 0 Å². The van der Waals surface area contributed by atoms with Gasteiger partial charge in [-0.1, -0.05) is 6.92 Å². The lowest BCUT2D eigenvalue weighted by Gasteiger charge is -2.38. The van der Waals surface area contributed by atoms with E-state index in [4.69, 9.17) is 10.5 Å². The summed E-state index contributed by atoms with van der Waals surface area (Å²) in [7, 11) is 0. The van der Waals surface area contributed by atoms with Crippen molar-refractivity contribution in [2.45, 2.75) is 19.4 Å². The van der Waals surface area contributed by atoms with Crippen molar-refractivity contribution < 1.29 is 4.74 Å². The number of rotatable bonds is 1. The summed E-state index contributed by atoms with van der Waals surface area (Å²) in [6, 6.07) is 0.485. The van der Waals surface area contributed by atoms with Crippen molar-refractivity contribution in [1.82, 2.24) is 0 Å². The van der Waals surface area contributed by atoms with Crippen LogP contribution >= 0.6 is 0 Å². The first-order valence-electron chi connectivity index (χ1n) is 3.56. The second-order valence-electron chi connectivity index (χ2n) is 3.65. The first-order chi connectivity index (χ1) is 4.22. The summed E-state index contributed by atoms with van der Waals surface area (Å²) in [6.45, 7) is 4.14. The zero-order valence-corrected chi connectivity index (χ0v) is 5.76. The molecule has 1 aliphatic carbocycles. The van der Waals surface area contributed by atoms with Crippen LogP contribution in [0.5, 0.6) is 0 Å². The minimum atomic E-state index is 0.458. The molecule has 0 aromatic carbocycles. The quantitative estimate of drug-likeness (QED) is 0.552. The fourth-order valence-corrected chi connectivity index (χ4v) is 1.65. The van der Waals surface area contributed by atoms with Gasteiger partial charge in [-0.15, -0.1) is 0 Å². The Kier molecular flexibility index (Phi) is 0.945. The normalized spacial score (nSPS) is 46.0. The van der Waals surface area contributed by atoms with Crippen LogP contribution < -0.4 is 5.73 Å². The Bertz CT molecular complexity index is 131. The Morgan fingerprint density at radius 2 is 2.11 bits per heavy atom. The van der Waals surface area contributed by atoms with E-state index in [1.165, 1.54) is 6.42 Å². The van der Waals surface area contributed by atoms with E-state index >= 15 is 0 Å². The molecule has 0 amide bonds. The summed E-state index contributed by atoms with van der Waals surface area (Å²) in [6.07, 6.45) is 1.22. The highest BCUT2D eigenvalue weighted by Gasteiger charge is 2.52. The van der Waals surface area contributed by atoms with Gasteiger partial charge in [0, 0.05) is 11.5 Å². The highest BCUT2D eigenvalue weighted by atomic mass is 16.5. The largest absolute Gasteiger partial charge is 0.380 e. The zero-order chi connectivity index (χ0) is 6.48. The van der Waals surface area contributed by atoms with Gasteiger partial charge in [0.25, 0.3) is 0 Å². The average molecular weight is 127 g/mol. The molecule has 0 radical (unpaired) electrons. The second-order valence-corrected chi connectivity index (χ2v) is 3.65. The first-order valence-corrected chi connectivity index (χ1v) is 3.56. The maximum atomic E-state index is 5.71. The topological polar surface area (TPSA) is 35.2 Å². The number of ether oxygens (including phenoxy) is 1. The molecule has 1 aliphatic heterocycles. The van der Waals surface area contributed by atoms with E-state index in [1.807, 2.05) is 0 Å². The lowest BCUT2D eigenvalue weighted by Crippen LogP contribution is -2.43. The Morgan fingerprint density at radius 1 is 1.56 bits per heavy atom. The van der Waals surface area contributed by atoms with E-state index in [0.29, 0.717) is 11.5 Å². The van der Waals surface area contributed by atoms with Gasteiger partial charge in [-0.3, -0.25) is 0 Å². The molecule has 1 saturated heterocycles. The van der Waals surface area contributed by atoms with Gasteiger partial charge in [-0.2, -0.15) is 0 Å². The Balaban J connectivity index is 1.97. The minimum Gasteiger partial charge on any atom is -0.380 e. The molecule has 0 bridgehead atoms. The standard InChI is InChI=1S/C7H13NO/c1-7(3-9-4-7)5-2-6(5)8/h5-6H,2-4,8H2,1H3. The molecule has 2 heteroatoms. The molecule has 1 heterocycles. The van der Waals surface area contributed by atoms with Gasteiger partial charge in [-0.25, -0.2) is 0 Å². The summed E-state index contributed by atoms with van der Waals surface area (Å²) in [5, 5.41) is 0. The van der Waals surface area contributed by atoms with E-state index in [1.54, 1.807) is 0 Å². The molecule has 2 atom stereocenters. The van der Waals surface area contributed by atoms with Gasteiger partial charge >= 0.3 is 0 Å². The molecule has 1 saturated carbocycles. The van der Waals surface area contributed by atoms with Gasteiger partial charge < -0.3 is 10.5 Å². The minimum absolute atomic E-state index is 0.458. The first kappa shape index (κ1) is 5.69. The van der Waals surface area contributed by atoms with Crippen LogP contribution in [0.4, 0.5) is 0 Å². The zero-order valence-electron chi connectivity index (χ0n) is 5.76. The summed E-state index contributed by atoms with van der Waals surface area (Å²) >= 11 is 0. The monoisotopic (exact) mass is 127 g/mol. The van der Waals surface area contributed by atoms with Gasteiger partial charge in [0.2, 0.25) is 0 Å². The van der Waals surface area contributed by atoms with Crippen LogP contribution in [0.15, 0.2) is 0 Å². The van der Waals surface area contributed by atoms with E-state index < -0.39 is 0 Å². The molecule has 9 heavy (non-hydrogen) atoms. The molecular weight excluding hydrogens is 114 g/mol. The van der Waals surface area contributed by atoms with Crippen LogP contribution in [-0.4, -0.2) is 19.3 Å². The molecule has 52 valence electrons. The van der Waals surface area contributed by atoms with Crippen molar-refractivity contribution in [3.63, 3.8) is 0 Å². The maximum absolute atomic E-state index is 5.71. The van der Waals surface area contributed by atoms with Crippen LogP contribution in [0, 0.1) is 11.3 Å². The number of nitrogens with two attached hydrogens (primary N) is 1. The molecule has 2 fully saturated rings. The molecule has 0 aromatic heterocycles. The van der Waals surface area contributed by atoms with Gasteiger partial charge in [0.15, 0.2) is 0 Å². The summed E-state index contributed by atoms with van der Waals surface area (Å²) in [5.74, 6) is 0.770. The third-order valence-electron chi connectivity index (χ3n) is 2.60. The fraction of sp³-hybridized carbons (Fsp3) is 1.00. The predicted molar refractivity (Wildman–Crippen MR) is 35.0 cm³/mol. The highest BCUT2D eigenvalue weighted by Crippen LogP contribution is 2.48. The predicted octanol–water partition coefficient (Wildman–Crippen LogP) is 0.370. The van der Waals surface area contributed by atoms with Crippen molar-refractivity contribution in [2.24, 2.45) is 17.1 Å². The molecule has 0 aromatic rings. The van der Waals surface area contributed by atoms with Crippen LogP contribution in [0.25, 0.3) is 0 Å². The Hall–Kier alpha value is -0.0800. The molecule has 2 aliphatic rings. The van der Waals surface area contributed by atoms with Crippen LogP contribution in [0.3, 0.4) is 0 Å². The van der Waals surface area contributed by atoms with Crippen molar-refractivity contribution in [2.75, 3.05) is 13.2 Å². The molecule has 2 unspecified atom stereocenters. The van der Waals surface area contributed by atoms with Crippen LogP contribution in [-0.2, 0) is 4.74 Å². The Morgan fingerprint density at radius 3 is 2.22 bits per heavy atom. The summed E-state index contributed by atoms with van der Waals surface area (Å²) in [5.41, 5.74) is 6.16. The number of hydrogen-bond donors (Lipinski definition) is 1. The van der Waals surface area contributed by atoms with Crippen LogP contribution in [0.2, 0.25) is 0 Å². The van der Waals surface area contributed by atoms with E-state index in [-0.39, 0.29) is 0 Å². The lowest BCUT2D eigenvalue weighted by molar-refractivity contribution is -0.115. The number of hydrogen-bond acceptors (Lipinski definition) is 2. The van der Waals surface area contributed by atoms with E-state index in [2.05, 4.69) is 6.92 Å². The molecule has 2 rings (SSSR count). The average Bonchev–Trinajstić information content (AvgIpc) is 2.40. The molecular formula is C7H13NO. The van der Waals surface area contributed by atoms with Crippen molar-refractivity contribution in [3.8, 4) is 0 Å². The summed E-state index contributed by atoms with van der Waals surface area (Å²) < 4.78 is 5.13. The fourth-order valence-electron chi connectivity index (χ4n) is 1.65. The van der Waals surface area contributed by atoms with E-state index in [0.717, 1.165) is 19.1 Å². The van der Waals surface area contributed by atoms with Gasteiger partial charge in [0.05, 0.1) is 13.2 Å². The third-order valence-corrected chi connectivity index (χ3v) is 2.60. The van der Waals surface area contributed by atoms with Crippen molar-refractivity contribution >= 4 is 0 Å². The third kappa shape index (κ3) is 0.700. The second kappa shape index (κ2) is 1.50. The molecule has 0 spiro atoms. The maximum Gasteiger partial charge on any atom is 0.0545 e.